The summed E-state index contributed by atoms with van der Waals surface area (Å²) in [4.78, 5) is 10.3. The monoisotopic (exact) mass is 288 g/mol. The first kappa shape index (κ1) is 19.2. The van der Waals surface area contributed by atoms with Crippen molar-refractivity contribution in [1.29, 1.82) is 0 Å². The van der Waals surface area contributed by atoms with Crippen molar-refractivity contribution in [2.45, 2.75) is 51.9 Å². The molecule has 1 N–H and O–H groups in total. The molecule has 0 aliphatic heterocycles. The molecule has 0 unspecified atom stereocenters. The van der Waals surface area contributed by atoms with Crippen LogP contribution in [0.2, 0.25) is 0 Å². The average molecular weight is 288 g/mol. The standard InChI is InChI=1S/C19H28O2/c1-2-3-4-5-6-7-8-9-10-11-12-13-14-15-16-17-18-19(20)21/h3-4,6-7,9-10,12-13,15-16H,2,5,8,11,14,17-18H2,1H3,(H,20,21)/b4-3+,7-6+,10-9+,13-12+,16-15+. The Kier molecular flexibility index (Phi) is 14.8. The van der Waals surface area contributed by atoms with Crippen LogP contribution in [-0.4, -0.2) is 11.1 Å². The molecule has 21 heavy (non-hydrogen) atoms. The molecule has 2 heteroatoms. The molecular formula is C19H28O2. The Labute approximate surface area is 129 Å². The molecule has 0 aromatic rings. The van der Waals surface area contributed by atoms with Crippen LogP contribution in [0.1, 0.15) is 51.9 Å². The summed E-state index contributed by atoms with van der Waals surface area (Å²) in [7, 11) is 0. The lowest BCUT2D eigenvalue weighted by molar-refractivity contribution is -0.136. The van der Waals surface area contributed by atoms with E-state index >= 15 is 0 Å². The molecule has 0 rings (SSSR count). The van der Waals surface area contributed by atoms with Crippen LogP contribution in [0.25, 0.3) is 0 Å². The molecule has 0 saturated carbocycles. The average Bonchev–Trinajstić information content (AvgIpc) is 2.46. The molecule has 0 atom stereocenters. The molecule has 0 heterocycles. The van der Waals surface area contributed by atoms with Crippen LogP contribution in [-0.2, 0) is 4.79 Å². The van der Waals surface area contributed by atoms with E-state index in [1.165, 1.54) is 0 Å². The quantitative estimate of drug-likeness (QED) is 0.474. The van der Waals surface area contributed by atoms with E-state index in [-0.39, 0.29) is 6.42 Å². The highest BCUT2D eigenvalue weighted by molar-refractivity contribution is 5.66. The molecule has 0 fully saturated rings. The largest absolute Gasteiger partial charge is 0.481 e. The van der Waals surface area contributed by atoms with E-state index in [0.29, 0.717) is 6.42 Å². The fraction of sp³-hybridized carbons (Fsp3) is 0.421. The third-order valence-corrected chi connectivity index (χ3v) is 2.68. The minimum atomic E-state index is -0.740. The fourth-order valence-corrected chi connectivity index (χ4v) is 1.58. The Balaban J connectivity index is 3.47. The van der Waals surface area contributed by atoms with Gasteiger partial charge in [-0.05, 0) is 38.5 Å². The molecule has 0 aromatic carbocycles. The zero-order valence-corrected chi connectivity index (χ0v) is 13.1. The minimum absolute atomic E-state index is 0.213. The van der Waals surface area contributed by atoms with Crippen molar-refractivity contribution in [3.05, 3.63) is 60.8 Å². The van der Waals surface area contributed by atoms with Crippen molar-refractivity contribution in [3.63, 3.8) is 0 Å². The van der Waals surface area contributed by atoms with Crippen molar-refractivity contribution in [3.8, 4) is 0 Å². The van der Waals surface area contributed by atoms with Crippen LogP contribution in [0.15, 0.2) is 60.8 Å². The zero-order chi connectivity index (χ0) is 15.6. The normalized spacial score (nSPS) is 12.8. The molecule has 0 bridgehead atoms. The first-order chi connectivity index (χ1) is 10.3. The summed E-state index contributed by atoms with van der Waals surface area (Å²) >= 11 is 0. The molecule has 0 aliphatic rings. The van der Waals surface area contributed by atoms with E-state index in [4.69, 9.17) is 5.11 Å². The van der Waals surface area contributed by atoms with E-state index in [0.717, 1.165) is 32.1 Å². The van der Waals surface area contributed by atoms with Gasteiger partial charge in [-0.2, -0.15) is 0 Å². The Morgan fingerprint density at radius 2 is 1.10 bits per heavy atom. The maximum atomic E-state index is 10.3. The van der Waals surface area contributed by atoms with E-state index in [2.05, 4.69) is 55.5 Å². The topological polar surface area (TPSA) is 37.3 Å². The van der Waals surface area contributed by atoms with Crippen molar-refractivity contribution < 1.29 is 9.90 Å². The maximum absolute atomic E-state index is 10.3. The smallest absolute Gasteiger partial charge is 0.303 e. The van der Waals surface area contributed by atoms with Gasteiger partial charge < -0.3 is 5.11 Å². The first-order valence-electron chi connectivity index (χ1n) is 7.74. The summed E-state index contributed by atoms with van der Waals surface area (Å²) in [5.41, 5.74) is 0. The van der Waals surface area contributed by atoms with Crippen LogP contribution in [0.5, 0.6) is 0 Å². The van der Waals surface area contributed by atoms with E-state index in [1.807, 2.05) is 12.2 Å². The number of hydrogen-bond acceptors (Lipinski definition) is 1. The number of carboxylic acid groups (broad SMARTS) is 1. The summed E-state index contributed by atoms with van der Waals surface area (Å²) in [6, 6.07) is 0. The number of hydrogen-bond donors (Lipinski definition) is 1. The van der Waals surface area contributed by atoms with Gasteiger partial charge in [-0.1, -0.05) is 67.7 Å². The minimum Gasteiger partial charge on any atom is -0.481 e. The van der Waals surface area contributed by atoms with Gasteiger partial charge in [0.2, 0.25) is 0 Å². The zero-order valence-electron chi connectivity index (χ0n) is 13.1. The highest BCUT2D eigenvalue weighted by atomic mass is 16.4. The summed E-state index contributed by atoms with van der Waals surface area (Å²) in [6.07, 6.45) is 27.0. The number of carbonyl (C=O) groups is 1. The van der Waals surface area contributed by atoms with E-state index in [9.17, 15) is 4.79 Å². The fourth-order valence-electron chi connectivity index (χ4n) is 1.58. The summed E-state index contributed by atoms with van der Waals surface area (Å²) in [6.45, 7) is 2.14. The Morgan fingerprint density at radius 1 is 0.714 bits per heavy atom. The number of carboxylic acids is 1. The Bertz CT molecular complexity index is 384. The number of allylic oxidation sites excluding steroid dienone is 10. The lowest BCUT2D eigenvalue weighted by Crippen LogP contribution is -1.91. The van der Waals surface area contributed by atoms with E-state index < -0.39 is 5.97 Å². The molecule has 0 amide bonds. The van der Waals surface area contributed by atoms with Crippen molar-refractivity contribution in [2.24, 2.45) is 0 Å². The van der Waals surface area contributed by atoms with Crippen LogP contribution in [0.4, 0.5) is 0 Å². The molecule has 0 aromatic heterocycles. The second-order valence-corrected chi connectivity index (χ2v) is 4.64. The number of rotatable bonds is 12. The molecule has 0 radical (unpaired) electrons. The van der Waals surface area contributed by atoms with Crippen molar-refractivity contribution in [1.82, 2.24) is 0 Å². The van der Waals surface area contributed by atoms with Gasteiger partial charge in [-0.3, -0.25) is 4.79 Å². The summed E-state index contributed by atoms with van der Waals surface area (Å²) < 4.78 is 0. The molecule has 0 aliphatic carbocycles. The van der Waals surface area contributed by atoms with Crippen LogP contribution < -0.4 is 0 Å². The molecule has 0 saturated heterocycles. The molecule has 2 nitrogen and oxygen atoms in total. The third-order valence-electron chi connectivity index (χ3n) is 2.68. The van der Waals surface area contributed by atoms with Gasteiger partial charge in [0.15, 0.2) is 0 Å². The van der Waals surface area contributed by atoms with Gasteiger partial charge in [0.25, 0.3) is 0 Å². The Morgan fingerprint density at radius 3 is 1.48 bits per heavy atom. The second-order valence-electron chi connectivity index (χ2n) is 4.64. The molecular weight excluding hydrogens is 260 g/mol. The van der Waals surface area contributed by atoms with Gasteiger partial charge in [-0.25, -0.2) is 0 Å². The second kappa shape index (κ2) is 16.2. The van der Waals surface area contributed by atoms with Gasteiger partial charge >= 0.3 is 5.97 Å². The van der Waals surface area contributed by atoms with E-state index in [1.54, 1.807) is 0 Å². The predicted octanol–water partition coefficient (Wildman–Crippen LogP) is 5.60. The van der Waals surface area contributed by atoms with Crippen LogP contribution in [0, 0.1) is 0 Å². The van der Waals surface area contributed by atoms with Gasteiger partial charge in [-0.15, -0.1) is 0 Å². The molecule has 116 valence electrons. The highest BCUT2D eigenvalue weighted by Crippen LogP contribution is 1.97. The third kappa shape index (κ3) is 18.2. The van der Waals surface area contributed by atoms with Gasteiger partial charge in [0.1, 0.15) is 0 Å². The highest BCUT2D eigenvalue weighted by Gasteiger charge is 1.90. The summed E-state index contributed by atoms with van der Waals surface area (Å²) in [5, 5.41) is 8.47. The van der Waals surface area contributed by atoms with Crippen LogP contribution >= 0.6 is 0 Å². The maximum Gasteiger partial charge on any atom is 0.303 e. The predicted molar refractivity (Wildman–Crippen MR) is 91.3 cm³/mol. The van der Waals surface area contributed by atoms with Crippen LogP contribution in [0.3, 0.4) is 0 Å². The van der Waals surface area contributed by atoms with Crippen molar-refractivity contribution >= 4 is 5.97 Å². The first-order valence-corrected chi connectivity index (χ1v) is 7.74. The lowest BCUT2D eigenvalue weighted by atomic mass is 10.2. The Hall–Kier alpha value is -1.83. The SMILES string of the molecule is CC/C=C/C/C=C/C/C=C/C/C=C/C/C=C/CCC(=O)O. The number of aliphatic carboxylic acids is 1. The molecule has 0 spiro atoms. The van der Waals surface area contributed by atoms with Gasteiger partial charge in [0.05, 0.1) is 0 Å². The summed E-state index contributed by atoms with van der Waals surface area (Å²) in [5.74, 6) is -0.740. The lowest BCUT2D eigenvalue weighted by Gasteiger charge is -1.87. The van der Waals surface area contributed by atoms with Gasteiger partial charge in [0, 0.05) is 6.42 Å². The van der Waals surface area contributed by atoms with Crippen molar-refractivity contribution in [2.75, 3.05) is 0 Å².